The quantitative estimate of drug-likeness (QED) is 0.782. The Labute approximate surface area is 160 Å². The van der Waals surface area contributed by atoms with Gasteiger partial charge in [0.05, 0.1) is 17.8 Å². The van der Waals surface area contributed by atoms with Crippen LogP contribution >= 0.6 is 0 Å². The summed E-state index contributed by atoms with van der Waals surface area (Å²) < 4.78 is 5.71. The molecule has 0 saturated heterocycles. The molecule has 0 unspecified atom stereocenters. The zero-order valence-electron chi connectivity index (χ0n) is 16.3. The van der Waals surface area contributed by atoms with Crippen molar-refractivity contribution in [3.8, 4) is 5.75 Å². The molecular weight excluding hydrogens is 342 g/mol. The number of urea groups is 1. The van der Waals surface area contributed by atoms with Crippen LogP contribution in [0, 0.1) is 6.92 Å². The van der Waals surface area contributed by atoms with Gasteiger partial charge in [-0.2, -0.15) is 0 Å². The van der Waals surface area contributed by atoms with E-state index in [0.717, 1.165) is 11.3 Å². The van der Waals surface area contributed by atoms with Crippen LogP contribution in [-0.4, -0.2) is 43.1 Å². The summed E-state index contributed by atoms with van der Waals surface area (Å²) in [5.41, 5.74) is 2.04. The van der Waals surface area contributed by atoms with Crippen molar-refractivity contribution in [2.45, 2.75) is 26.8 Å². The molecule has 2 N–H and O–H groups in total. The van der Waals surface area contributed by atoms with Crippen molar-refractivity contribution >= 4 is 17.6 Å². The monoisotopic (exact) mass is 369 g/mol. The molecule has 0 atom stereocenters. The summed E-state index contributed by atoms with van der Waals surface area (Å²) >= 11 is 0. The van der Waals surface area contributed by atoms with E-state index in [0.29, 0.717) is 24.4 Å². The Hall–Kier alpha value is -3.02. The molecule has 0 heterocycles. The number of carbonyl (C=O) groups is 2. The van der Waals surface area contributed by atoms with Gasteiger partial charge < -0.3 is 20.3 Å². The number of amides is 3. The number of aryl methyl sites for hydroxylation is 1. The van der Waals surface area contributed by atoms with Crippen LogP contribution < -0.4 is 15.4 Å². The van der Waals surface area contributed by atoms with E-state index in [4.69, 9.17) is 4.74 Å². The zero-order valence-corrected chi connectivity index (χ0v) is 16.3. The molecule has 0 bridgehead atoms. The summed E-state index contributed by atoms with van der Waals surface area (Å²) in [5.74, 6) is 0.603. The molecule has 2 rings (SSSR count). The molecule has 0 aliphatic carbocycles. The summed E-state index contributed by atoms with van der Waals surface area (Å²) in [6, 6.07) is 14.4. The highest BCUT2D eigenvalue weighted by atomic mass is 16.5. The fourth-order valence-corrected chi connectivity index (χ4v) is 2.51. The van der Waals surface area contributed by atoms with E-state index in [1.807, 2.05) is 45.0 Å². The molecule has 2 aromatic carbocycles. The van der Waals surface area contributed by atoms with Gasteiger partial charge in [0.2, 0.25) is 0 Å². The van der Waals surface area contributed by atoms with Crippen molar-refractivity contribution < 1.29 is 14.3 Å². The van der Waals surface area contributed by atoms with Gasteiger partial charge in [-0.15, -0.1) is 0 Å². The number of hydrogen-bond acceptors (Lipinski definition) is 3. The predicted octanol–water partition coefficient (Wildman–Crippen LogP) is 3.68. The van der Waals surface area contributed by atoms with Crippen LogP contribution in [0.2, 0.25) is 0 Å². The molecule has 6 heteroatoms. The summed E-state index contributed by atoms with van der Waals surface area (Å²) in [7, 11) is 1.72. The fourth-order valence-electron chi connectivity index (χ4n) is 2.51. The standard InChI is InChI=1S/C21H27N3O3/c1-15(2)22-21(26)23-19-11-6-5-10-18(19)20(25)24(4)12-13-27-17-9-7-8-16(3)14-17/h5-11,14-15H,12-13H2,1-4H3,(H2,22,23,26). The number of benzene rings is 2. The average molecular weight is 369 g/mol. The van der Waals surface area contributed by atoms with Crippen LogP contribution in [0.4, 0.5) is 10.5 Å². The Balaban J connectivity index is 1.96. The van der Waals surface area contributed by atoms with Crippen LogP contribution in [-0.2, 0) is 0 Å². The lowest BCUT2D eigenvalue weighted by molar-refractivity contribution is 0.0775. The molecule has 0 saturated carbocycles. The second-order valence-electron chi connectivity index (χ2n) is 6.69. The van der Waals surface area contributed by atoms with Crippen LogP contribution in [0.3, 0.4) is 0 Å². The second-order valence-corrected chi connectivity index (χ2v) is 6.69. The summed E-state index contributed by atoms with van der Waals surface area (Å²) in [4.78, 5) is 26.3. The number of para-hydroxylation sites is 1. The molecular formula is C21H27N3O3. The van der Waals surface area contributed by atoms with E-state index in [-0.39, 0.29) is 18.0 Å². The van der Waals surface area contributed by atoms with Crippen LogP contribution in [0.15, 0.2) is 48.5 Å². The van der Waals surface area contributed by atoms with E-state index < -0.39 is 0 Å². The van der Waals surface area contributed by atoms with Gasteiger partial charge in [-0.25, -0.2) is 4.79 Å². The molecule has 0 fully saturated rings. The van der Waals surface area contributed by atoms with E-state index in [2.05, 4.69) is 10.6 Å². The lowest BCUT2D eigenvalue weighted by atomic mass is 10.1. The predicted molar refractivity (Wildman–Crippen MR) is 107 cm³/mol. The zero-order chi connectivity index (χ0) is 19.8. The number of anilines is 1. The molecule has 6 nitrogen and oxygen atoms in total. The largest absolute Gasteiger partial charge is 0.492 e. The number of hydrogen-bond donors (Lipinski definition) is 2. The Bertz CT molecular complexity index is 790. The van der Waals surface area contributed by atoms with Gasteiger partial charge in [-0.3, -0.25) is 4.79 Å². The summed E-state index contributed by atoms with van der Waals surface area (Å²) in [6.45, 7) is 6.56. The van der Waals surface area contributed by atoms with Gasteiger partial charge in [0.15, 0.2) is 0 Å². The Kier molecular flexibility index (Phi) is 7.23. The minimum atomic E-state index is -0.337. The molecule has 27 heavy (non-hydrogen) atoms. The summed E-state index contributed by atoms with van der Waals surface area (Å²) in [5, 5.41) is 5.49. The third-order valence-corrected chi connectivity index (χ3v) is 3.86. The highest BCUT2D eigenvalue weighted by Crippen LogP contribution is 2.17. The second kappa shape index (κ2) is 9.62. The number of ether oxygens (including phenoxy) is 1. The van der Waals surface area contributed by atoms with Gasteiger partial charge in [0.1, 0.15) is 12.4 Å². The topological polar surface area (TPSA) is 70.7 Å². The fraction of sp³-hybridized carbons (Fsp3) is 0.333. The van der Waals surface area contributed by atoms with E-state index in [1.165, 1.54) is 0 Å². The molecule has 0 aromatic heterocycles. The molecule has 0 spiro atoms. The first-order valence-electron chi connectivity index (χ1n) is 8.98. The van der Waals surface area contributed by atoms with Gasteiger partial charge in [0, 0.05) is 13.1 Å². The van der Waals surface area contributed by atoms with Crippen molar-refractivity contribution in [2.24, 2.45) is 0 Å². The highest BCUT2D eigenvalue weighted by Gasteiger charge is 2.17. The van der Waals surface area contributed by atoms with Crippen molar-refractivity contribution in [2.75, 3.05) is 25.5 Å². The first kappa shape index (κ1) is 20.3. The van der Waals surface area contributed by atoms with Gasteiger partial charge in [-0.05, 0) is 50.6 Å². The molecule has 3 amide bonds. The van der Waals surface area contributed by atoms with Crippen LogP contribution in [0.1, 0.15) is 29.8 Å². The number of nitrogens with one attached hydrogen (secondary N) is 2. The van der Waals surface area contributed by atoms with Crippen LogP contribution in [0.25, 0.3) is 0 Å². The molecule has 0 radical (unpaired) electrons. The molecule has 2 aromatic rings. The maximum Gasteiger partial charge on any atom is 0.319 e. The lowest BCUT2D eigenvalue weighted by Crippen LogP contribution is -2.35. The van der Waals surface area contributed by atoms with Gasteiger partial charge in [0.25, 0.3) is 5.91 Å². The SMILES string of the molecule is Cc1cccc(OCCN(C)C(=O)c2ccccc2NC(=O)NC(C)C)c1. The number of carbonyl (C=O) groups excluding carboxylic acids is 2. The van der Waals surface area contributed by atoms with Crippen molar-refractivity contribution in [3.05, 3.63) is 59.7 Å². The first-order valence-corrected chi connectivity index (χ1v) is 8.98. The highest BCUT2D eigenvalue weighted by molar-refractivity contribution is 6.03. The Morgan fingerprint density at radius 1 is 1.11 bits per heavy atom. The van der Waals surface area contributed by atoms with Gasteiger partial charge in [-0.1, -0.05) is 24.3 Å². The minimum Gasteiger partial charge on any atom is -0.492 e. The number of rotatable bonds is 7. The first-order chi connectivity index (χ1) is 12.9. The third kappa shape index (κ3) is 6.33. The Morgan fingerprint density at radius 2 is 1.85 bits per heavy atom. The smallest absolute Gasteiger partial charge is 0.319 e. The van der Waals surface area contributed by atoms with E-state index in [9.17, 15) is 9.59 Å². The van der Waals surface area contributed by atoms with Crippen molar-refractivity contribution in [1.82, 2.24) is 10.2 Å². The molecule has 144 valence electrons. The maximum absolute atomic E-state index is 12.8. The number of likely N-dealkylation sites (N-methyl/N-ethyl adjacent to an activating group) is 1. The summed E-state index contributed by atoms with van der Waals surface area (Å²) in [6.07, 6.45) is 0. The average Bonchev–Trinajstić information content (AvgIpc) is 2.61. The van der Waals surface area contributed by atoms with E-state index in [1.54, 1.807) is 36.2 Å². The third-order valence-electron chi connectivity index (χ3n) is 3.86. The van der Waals surface area contributed by atoms with E-state index >= 15 is 0 Å². The normalized spacial score (nSPS) is 10.4. The maximum atomic E-state index is 12.8. The minimum absolute atomic E-state index is 0.00862. The molecule has 0 aliphatic heterocycles. The van der Waals surface area contributed by atoms with Crippen molar-refractivity contribution in [1.29, 1.82) is 0 Å². The Morgan fingerprint density at radius 3 is 2.56 bits per heavy atom. The van der Waals surface area contributed by atoms with Crippen LogP contribution in [0.5, 0.6) is 5.75 Å². The lowest BCUT2D eigenvalue weighted by Gasteiger charge is -2.20. The molecule has 0 aliphatic rings. The number of nitrogens with zero attached hydrogens (tertiary/aromatic N) is 1. The van der Waals surface area contributed by atoms with Gasteiger partial charge >= 0.3 is 6.03 Å². The van der Waals surface area contributed by atoms with Crippen molar-refractivity contribution in [3.63, 3.8) is 0 Å².